The van der Waals surface area contributed by atoms with Crippen molar-refractivity contribution in [3.05, 3.63) is 34.3 Å². The first-order valence-electron chi connectivity index (χ1n) is 6.62. The van der Waals surface area contributed by atoms with Gasteiger partial charge in [-0.05, 0) is 50.6 Å². The molecule has 5 heteroatoms. The Labute approximate surface area is 112 Å². The number of nitrogens with zero attached hydrogens (tertiary/aromatic N) is 1. The summed E-state index contributed by atoms with van der Waals surface area (Å²) in [5, 5.41) is 3.35. The molecule has 0 fully saturated rings. The Morgan fingerprint density at radius 2 is 2.21 bits per heavy atom. The van der Waals surface area contributed by atoms with Crippen LogP contribution in [0.15, 0.2) is 27.4 Å². The molecule has 0 spiro atoms. The highest BCUT2D eigenvalue weighted by molar-refractivity contribution is 5.73. The highest BCUT2D eigenvalue weighted by Crippen LogP contribution is 2.14. The Balaban J connectivity index is 1.93. The van der Waals surface area contributed by atoms with Crippen LogP contribution in [0.25, 0.3) is 11.1 Å². The molecule has 0 bridgehead atoms. The maximum absolute atomic E-state index is 11.4. The summed E-state index contributed by atoms with van der Waals surface area (Å²) in [7, 11) is 1.71. The number of hydrogen-bond acceptors (Lipinski definition) is 4. The van der Waals surface area contributed by atoms with Crippen LogP contribution in [0.5, 0.6) is 0 Å². The van der Waals surface area contributed by atoms with E-state index >= 15 is 0 Å². The fraction of sp³-hybridized carbons (Fsp3) is 0.500. The molecule has 0 saturated heterocycles. The predicted molar refractivity (Wildman–Crippen MR) is 76.3 cm³/mol. The highest BCUT2D eigenvalue weighted by atomic mass is 16.4. The second kappa shape index (κ2) is 6.04. The molecule has 1 unspecified atom stereocenters. The summed E-state index contributed by atoms with van der Waals surface area (Å²) in [5.74, 6) is -0.317. The van der Waals surface area contributed by atoms with E-state index in [0.717, 1.165) is 37.0 Å². The zero-order chi connectivity index (χ0) is 13.8. The van der Waals surface area contributed by atoms with Gasteiger partial charge in [-0.2, -0.15) is 0 Å². The number of benzene rings is 1. The van der Waals surface area contributed by atoms with Crippen molar-refractivity contribution in [2.24, 2.45) is 12.8 Å². The maximum Gasteiger partial charge on any atom is 0.419 e. The van der Waals surface area contributed by atoms with Crippen LogP contribution >= 0.6 is 0 Å². The van der Waals surface area contributed by atoms with Crippen molar-refractivity contribution in [1.29, 1.82) is 0 Å². The fourth-order valence-corrected chi connectivity index (χ4v) is 2.02. The average Bonchev–Trinajstić information content (AvgIpc) is 2.64. The summed E-state index contributed by atoms with van der Waals surface area (Å²) in [6.07, 6.45) is 1.89. The minimum atomic E-state index is -0.317. The normalized spacial score (nSPS) is 13.0. The van der Waals surface area contributed by atoms with Gasteiger partial charge in [-0.3, -0.25) is 4.57 Å². The summed E-state index contributed by atoms with van der Waals surface area (Å²) in [4.78, 5) is 11.4. The summed E-state index contributed by atoms with van der Waals surface area (Å²) < 4.78 is 6.68. The molecule has 0 aliphatic rings. The number of rotatable bonds is 6. The van der Waals surface area contributed by atoms with Crippen molar-refractivity contribution >= 4 is 11.1 Å². The first kappa shape index (κ1) is 13.8. The number of aryl methyl sites for hydroxylation is 1. The van der Waals surface area contributed by atoms with Crippen molar-refractivity contribution in [1.82, 2.24) is 9.88 Å². The molecule has 5 nitrogen and oxygen atoms in total. The predicted octanol–water partition coefficient (Wildman–Crippen LogP) is 1.00. The standard InChI is InChI=1S/C14H21N3O2/c1-10(15)5-7-16-8-6-11-3-4-12-13(9-11)19-14(18)17(12)2/h3-4,9-10,16H,5-8,15H2,1-2H3. The molecular weight excluding hydrogens is 242 g/mol. The molecule has 19 heavy (non-hydrogen) atoms. The van der Waals surface area contributed by atoms with Crippen LogP contribution in [0.4, 0.5) is 0 Å². The summed E-state index contributed by atoms with van der Waals surface area (Å²) in [6, 6.07) is 6.13. The third kappa shape index (κ3) is 3.45. The van der Waals surface area contributed by atoms with Gasteiger partial charge in [0.05, 0.1) is 5.52 Å². The van der Waals surface area contributed by atoms with E-state index in [4.69, 9.17) is 10.2 Å². The number of hydrogen-bond donors (Lipinski definition) is 2. The van der Waals surface area contributed by atoms with Crippen LogP contribution in [0.1, 0.15) is 18.9 Å². The van der Waals surface area contributed by atoms with Gasteiger partial charge in [0.15, 0.2) is 5.58 Å². The topological polar surface area (TPSA) is 73.2 Å². The van der Waals surface area contributed by atoms with Gasteiger partial charge in [0.2, 0.25) is 0 Å². The Morgan fingerprint density at radius 1 is 1.42 bits per heavy atom. The minimum Gasteiger partial charge on any atom is -0.408 e. The number of nitrogens with two attached hydrogens (primary N) is 1. The van der Waals surface area contributed by atoms with Crippen molar-refractivity contribution < 1.29 is 4.42 Å². The Hall–Kier alpha value is -1.59. The van der Waals surface area contributed by atoms with E-state index in [-0.39, 0.29) is 11.8 Å². The molecule has 0 radical (unpaired) electrons. The molecule has 1 atom stereocenters. The molecule has 1 aromatic heterocycles. The van der Waals surface area contributed by atoms with Crippen LogP contribution in [-0.4, -0.2) is 23.7 Å². The van der Waals surface area contributed by atoms with Crippen LogP contribution in [0, 0.1) is 0 Å². The molecule has 0 aliphatic carbocycles. The Bertz CT molecular complexity index is 598. The van der Waals surface area contributed by atoms with E-state index in [0.29, 0.717) is 5.58 Å². The molecule has 0 amide bonds. The molecule has 0 aliphatic heterocycles. The first-order valence-corrected chi connectivity index (χ1v) is 6.62. The van der Waals surface area contributed by atoms with Crippen LogP contribution < -0.4 is 16.8 Å². The van der Waals surface area contributed by atoms with Crippen molar-refractivity contribution in [3.63, 3.8) is 0 Å². The molecule has 1 heterocycles. The van der Waals surface area contributed by atoms with E-state index in [1.54, 1.807) is 7.05 Å². The van der Waals surface area contributed by atoms with E-state index in [9.17, 15) is 4.79 Å². The zero-order valence-corrected chi connectivity index (χ0v) is 11.5. The van der Waals surface area contributed by atoms with E-state index in [2.05, 4.69) is 5.32 Å². The lowest BCUT2D eigenvalue weighted by atomic mass is 10.1. The van der Waals surface area contributed by atoms with Gasteiger partial charge in [0.25, 0.3) is 0 Å². The fourth-order valence-electron chi connectivity index (χ4n) is 2.02. The Morgan fingerprint density at radius 3 is 2.95 bits per heavy atom. The third-order valence-electron chi connectivity index (χ3n) is 3.22. The van der Waals surface area contributed by atoms with Gasteiger partial charge in [-0.25, -0.2) is 4.79 Å². The second-order valence-corrected chi connectivity index (χ2v) is 5.00. The molecule has 0 saturated carbocycles. The third-order valence-corrected chi connectivity index (χ3v) is 3.22. The molecule has 104 valence electrons. The second-order valence-electron chi connectivity index (χ2n) is 5.00. The largest absolute Gasteiger partial charge is 0.419 e. The van der Waals surface area contributed by atoms with Crippen molar-refractivity contribution in [2.45, 2.75) is 25.8 Å². The van der Waals surface area contributed by atoms with Gasteiger partial charge >= 0.3 is 5.76 Å². The maximum atomic E-state index is 11.4. The smallest absolute Gasteiger partial charge is 0.408 e. The SMILES string of the molecule is CC(N)CCNCCc1ccc2c(c1)oc(=O)n2C. The lowest BCUT2D eigenvalue weighted by Crippen LogP contribution is -2.25. The lowest BCUT2D eigenvalue weighted by molar-refractivity contribution is 0.527. The number of oxazole rings is 1. The summed E-state index contributed by atoms with van der Waals surface area (Å²) >= 11 is 0. The minimum absolute atomic E-state index is 0.238. The summed E-state index contributed by atoms with van der Waals surface area (Å²) in [5.41, 5.74) is 8.33. The van der Waals surface area contributed by atoms with E-state index in [1.807, 2.05) is 25.1 Å². The van der Waals surface area contributed by atoms with E-state index in [1.165, 1.54) is 4.57 Å². The Kier molecular flexibility index (Phi) is 4.39. The highest BCUT2D eigenvalue weighted by Gasteiger charge is 2.06. The quantitative estimate of drug-likeness (QED) is 0.763. The monoisotopic (exact) mass is 263 g/mol. The van der Waals surface area contributed by atoms with Crippen molar-refractivity contribution in [2.75, 3.05) is 13.1 Å². The molecule has 2 aromatic rings. The van der Waals surface area contributed by atoms with E-state index < -0.39 is 0 Å². The molecule has 1 aromatic carbocycles. The molecular formula is C14H21N3O2. The van der Waals surface area contributed by atoms with Gasteiger partial charge < -0.3 is 15.5 Å². The molecule has 3 N–H and O–H groups in total. The van der Waals surface area contributed by atoms with Gasteiger partial charge in [0.1, 0.15) is 0 Å². The average molecular weight is 263 g/mol. The summed E-state index contributed by atoms with van der Waals surface area (Å²) in [6.45, 7) is 3.84. The number of fused-ring (bicyclic) bond motifs is 1. The van der Waals surface area contributed by atoms with Crippen molar-refractivity contribution in [3.8, 4) is 0 Å². The number of aromatic nitrogens is 1. The van der Waals surface area contributed by atoms with Crippen LogP contribution in [0.2, 0.25) is 0 Å². The first-order chi connectivity index (χ1) is 9.08. The van der Waals surface area contributed by atoms with Gasteiger partial charge in [-0.1, -0.05) is 6.07 Å². The molecule has 2 rings (SSSR count). The van der Waals surface area contributed by atoms with Gasteiger partial charge in [-0.15, -0.1) is 0 Å². The van der Waals surface area contributed by atoms with Gasteiger partial charge in [0, 0.05) is 13.1 Å². The van der Waals surface area contributed by atoms with Crippen LogP contribution in [-0.2, 0) is 13.5 Å². The van der Waals surface area contributed by atoms with Crippen LogP contribution in [0.3, 0.4) is 0 Å². The number of nitrogens with one attached hydrogen (secondary N) is 1. The zero-order valence-electron chi connectivity index (χ0n) is 11.5. The lowest BCUT2D eigenvalue weighted by Gasteiger charge is -2.07.